The SMILES string of the molecule is O=C(O)OP(=O)(O)O.[NaH].[NaH].[NaH].[NaH]. The van der Waals surface area contributed by atoms with Crippen molar-refractivity contribution in [2.24, 2.45) is 0 Å². The molecule has 0 saturated carbocycles. The molecule has 6 nitrogen and oxygen atoms in total. The third-order valence-corrected chi connectivity index (χ3v) is 0.591. The molecule has 12 heavy (non-hydrogen) atoms. The second kappa shape index (κ2) is 14.4. The quantitative estimate of drug-likeness (QED) is 0.336. The standard InChI is InChI=1S/CH3O6P.4Na.4H/c2-1(3)7-8(4,5)6;;;;;;;;/h(H,2,3)(H2,4,5,6);;;;;;;;. The first-order valence-corrected chi connectivity index (χ1v) is 2.93. The second-order valence-corrected chi connectivity index (χ2v) is 2.01. The van der Waals surface area contributed by atoms with Gasteiger partial charge in [0, 0.05) is 0 Å². The maximum absolute atomic E-state index is 9.53. The van der Waals surface area contributed by atoms with Gasteiger partial charge in [-0.1, -0.05) is 0 Å². The Morgan fingerprint density at radius 2 is 1.33 bits per heavy atom. The van der Waals surface area contributed by atoms with E-state index in [2.05, 4.69) is 4.52 Å². The van der Waals surface area contributed by atoms with Crippen LogP contribution in [0.5, 0.6) is 0 Å². The van der Waals surface area contributed by atoms with Gasteiger partial charge in [0.1, 0.15) is 0 Å². The van der Waals surface area contributed by atoms with Gasteiger partial charge in [-0.05, 0) is 0 Å². The first-order valence-electron chi connectivity index (χ1n) is 1.40. The molecule has 0 aliphatic rings. The predicted molar refractivity (Wildman–Crippen MR) is 49.7 cm³/mol. The van der Waals surface area contributed by atoms with Gasteiger partial charge >= 0.3 is 132 Å². The Hall–Kier alpha value is 3.42. The molecule has 0 unspecified atom stereocenters. The summed E-state index contributed by atoms with van der Waals surface area (Å²) in [4.78, 5) is 24.7. The van der Waals surface area contributed by atoms with Crippen molar-refractivity contribution in [2.45, 2.75) is 0 Å². The molecule has 3 N–H and O–H groups in total. The average Bonchev–Trinajstić information content (AvgIpc) is 1.21. The minimum absolute atomic E-state index is 0. The van der Waals surface area contributed by atoms with Gasteiger partial charge in [-0.3, -0.25) is 9.79 Å². The average molecular weight is 238 g/mol. The number of hydrogen-bond donors (Lipinski definition) is 3. The zero-order valence-corrected chi connectivity index (χ0v) is 4.41. The van der Waals surface area contributed by atoms with E-state index in [0.717, 1.165) is 0 Å². The molecule has 0 heterocycles. The number of carboxylic acid groups (broad SMARTS) is 1. The Kier molecular flexibility index (Phi) is 35.5. The van der Waals surface area contributed by atoms with Crippen LogP contribution in [0.3, 0.4) is 0 Å². The molecule has 0 atom stereocenters. The van der Waals surface area contributed by atoms with Gasteiger partial charge in [-0.2, -0.15) is 0 Å². The summed E-state index contributed by atoms with van der Waals surface area (Å²) in [6.07, 6.45) is -1.99. The first kappa shape index (κ1) is 29.5. The molecule has 0 spiro atoms. The van der Waals surface area contributed by atoms with Crippen molar-refractivity contribution in [1.29, 1.82) is 0 Å². The summed E-state index contributed by atoms with van der Waals surface area (Å²) < 4.78 is 12.6. The molecule has 56 valence electrons. The fourth-order valence-electron chi connectivity index (χ4n) is 0.102. The van der Waals surface area contributed by atoms with Gasteiger partial charge in [0.15, 0.2) is 0 Å². The van der Waals surface area contributed by atoms with E-state index in [1.54, 1.807) is 0 Å². The summed E-state index contributed by atoms with van der Waals surface area (Å²) in [5.74, 6) is 0. The maximum atomic E-state index is 9.53. The molecule has 0 rings (SSSR count). The molecular formula is CH7Na4O6P. The van der Waals surface area contributed by atoms with Crippen molar-refractivity contribution in [3.05, 3.63) is 0 Å². The third-order valence-electron chi connectivity index (χ3n) is 0.197. The topological polar surface area (TPSA) is 104 Å². The summed E-state index contributed by atoms with van der Waals surface area (Å²) in [7, 11) is -4.82. The summed E-state index contributed by atoms with van der Waals surface area (Å²) >= 11 is 0. The van der Waals surface area contributed by atoms with Crippen LogP contribution in [0.2, 0.25) is 0 Å². The molecule has 0 fully saturated rings. The Labute approximate surface area is 158 Å². The van der Waals surface area contributed by atoms with E-state index in [0.29, 0.717) is 0 Å². The van der Waals surface area contributed by atoms with Crippen LogP contribution in [-0.2, 0) is 9.09 Å². The molecule has 0 radical (unpaired) electrons. The molecule has 0 saturated heterocycles. The normalized spacial score (nSPS) is 7.17. The van der Waals surface area contributed by atoms with Crippen molar-refractivity contribution < 1.29 is 28.8 Å². The van der Waals surface area contributed by atoms with Gasteiger partial charge in [-0.15, -0.1) is 0 Å². The fourth-order valence-corrected chi connectivity index (χ4v) is 0.305. The first-order chi connectivity index (χ1) is 3.42. The Balaban J connectivity index is -0.0000000408. The van der Waals surface area contributed by atoms with Crippen LogP contribution < -0.4 is 0 Å². The third kappa shape index (κ3) is 29.2. The van der Waals surface area contributed by atoms with Crippen molar-refractivity contribution in [2.75, 3.05) is 0 Å². The molecule has 11 heteroatoms. The summed E-state index contributed by atoms with van der Waals surface area (Å²) in [6.45, 7) is 0. The number of phosphoric acid groups is 1. The van der Waals surface area contributed by atoms with E-state index in [1.807, 2.05) is 0 Å². The van der Waals surface area contributed by atoms with Crippen LogP contribution in [-0.4, -0.2) is 139 Å². The van der Waals surface area contributed by atoms with Crippen molar-refractivity contribution in [3.8, 4) is 0 Å². The molecular weight excluding hydrogens is 231 g/mol. The number of hydrogen-bond acceptors (Lipinski definition) is 3. The van der Waals surface area contributed by atoms with Crippen molar-refractivity contribution in [1.82, 2.24) is 0 Å². The van der Waals surface area contributed by atoms with E-state index in [4.69, 9.17) is 14.9 Å². The van der Waals surface area contributed by atoms with E-state index in [9.17, 15) is 9.36 Å². The number of rotatable bonds is 1. The molecule has 0 bridgehead atoms. The van der Waals surface area contributed by atoms with Gasteiger partial charge < -0.3 is 9.63 Å². The fraction of sp³-hybridized carbons (Fsp3) is 0. The molecule has 0 aromatic carbocycles. The molecule has 0 aliphatic heterocycles. The van der Waals surface area contributed by atoms with Gasteiger partial charge in [0.25, 0.3) is 0 Å². The summed E-state index contributed by atoms with van der Waals surface area (Å²) in [5, 5.41) is 7.53. The Morgan fingerprint density at radius 3 is 1.33 bits per heavy atom. The van der Waals surface area contributed by atoms with Crippen LogP contribution in [0.25, 0.3) is 0 Å². The Morgan fingerprint density at radius 1 is 1.08 bits per heavy atom. The molecule has 0 amide bonds. The van der Waals surface area contributed by atoms with Crippen LogP contribution in [0.4, 0.5) is 4.79 Å². The number of phosphoric ester groups is 1. The molecule has 0 aliphatic carbocycles. The van der Waals surface area contributed by atoms with Crippen LogP contribution in [0.15, 0.2) is 0 Å². The van der Waals surface area contributed by atoms with Gasteiger partial charge in [0.05, 0.1) is 0 Å². The summed E-state index contributed by atoms with van der Waals surface area (Å²) in [5.41, 5.74) is 0. The predicted octanol–water partition coefficient (Wildman–Crippen LogP) is -2.82. The van der Waals surface area contributed by atoms with Crippen LogP contribution in [0.1, 0.15) is 0 Å². The molecule has 0 aromatic heterocycles. The van der Waals surface area contributed by atoms with E-state index < -0.39 is 14.0 Å². The van der Waals surface area contributed by atoms with Gasteiger partial charge in [0.2, 0.25) is 0 Å². The molecule has 0 aromatic rings. The number of carbonyl (C=O) groups is 1. The van der Waals surface area contributed by atoms with Crippen LogP contribution in [0, 0.1) is 0 Å². The summed E-state index contributed by atoms with van der Waals surface area (Å²) in [6, 6.07) is 0. The monoisotopic (exact) mass is 238 g/mol. The van der Waals surface area contributed by atoms with Crippen LogP contribution >= 0.6 is 7.82 Å². The zero-order chi connectivity index (χ0) is 6.78. The minimum atomic E-state index is -4.82. The zero-order valence-electron chi connectivity index (χ0n) is 3.51. The van der Waals surface area contributed by atoms with E-state index in [-0.39, 0.29) is 118 Å². The van der Waals surface area contributed by atoms with Crippen molar-refractivity contribution in [3.63, 3.8) is 0 Å². The van der Waals surface area contributed by atoms with Crippen molar-refractivity contribution >= 4 is 132 Å². The van der Waals surface area contributed by atoms with E-state index >= 15 is 0 Å². The van der Waals surface area contributed by atoms with E-state index in [1.165, 1.54) is 0 Å². The van der Waals surface area contributed by atoms with Gasteiger partial charge in [-0.25, -0.2) is 9.36 Å². The Bertz CT molecular complexity index is 142. The second-order valence-electron chi connectivity index (χ2n) is 0.848.